The topological polar surface area (TPSA) is 89.4 Å². The Morgan fingerprint density at radius 2 is 2.00 bits per heavy atom. The lowest BCUT2D eigenvalue weighted by atomic mass is 10.2. The van der Waals surface area contributed by atoms with Gasteiger partial charge in [0.15, 0.2) is 0 Å². The zero-order chi connectivity index (χ0) is 19.5. The number of rotatable bonds is 5. The van der Waals surface area contributed by atoms with Crippen molar-refractivity contribution in [2.24, 2.45) is 0 Å². The Morgan fingerprint density at radius 1 is 1.21 bits per heavy atom. The van der Waals surface area contributed by atoms with Crippen molar-refractivity contribution in [2.75, 3.05) is 18.0 Å². The second-order valence-corrected chi connectivity index (χ2v) is 6.46. The quantitative estimate of drug-likeness (QED) is 0.737. The maximum atomic E-state index is 12.1. The van der Waals surface area contributed by atoms with Crippen molar-refractivity contribution in [3.05, 3.63) is 61.1 Å². The van der Waals surface area contributed by atoms with Crippen LogP contribution in [-0.4, -0.2) is 46.0 Å². The van der Waals surface area contributed by atoms with Gasteiger partial charge in [-0.05, 0) is 36.4 Å². The van der Waals surface area contributed by atoms with Gasteiger partial charge in [-0.15, -0.1) is 0 Å². The molecule has 1 N–H and O–H groups in total. The predicted molar refractivity (Wildman–Crippen MR) is 103 cm³/mol. The normalized spacial score (nSPS) is 16.1. The van der Waals surface area contributed by atoms with Crippen molar-refractivity contribution < 1.29 is 14.3 Å². The zero-order valence-corrected chi connectivity index (χ0v) is 15.3. The number of ether oxygens (including phenoxy) is 1. The Bertz CT molecular complexity index is 985. The van der Waals surface area contributed by atoms with Gasteiger partial charge in [-0.1, -0.05) is 6.07 Å². The molecule has 1 saturated heterocycles. The van der Waals surface area contributed by atoms with Crippen LogP contribution in [0.2, 0.25) is 0 Å². The summed E-state index contributed by atoms with van der Waals surface area (Å²) in [5.74, 6) is -0.150. The molecule has 1 aliphatic heterocycles. The van der Waals surface area contributed by atoms with E-state index in [4.69, 9.17) is 4.74 Å². The number of nitrogens with zero attached hydrogens (tertiary/aromatic N) is 4. The molecule has 1 aromatic carbocycles. The van der Waals surface area contributed by atoms with E-state index in [1.807, 2.05) is 48.7 Å². The summed E-state index contributed by atoms with van der Waals surface area (Å²) < 4.78 is 7.05. The average molecular weight is 377 g/mol. The van der Waals surface area contributed by atoms with Crippen LogP contribution in [0.4, 0.5) is 10.5 Å². The zero-order valence-electron chi connectivity index (χ0n) is 15.3. The number of hydrogen-bond acceptors (Lipinski definition) is 5. The number of cyclic esters (lactones) is 1. The van der Waals surface area contributed by atoms with Crippen molar-refractivity contribution in [1.29, 1.82) is 0 Å². The van der Waals surface area contributed by atoms with Gasteiger partial charge in [-0.3, -0.25) is 14.7 Å². The number of carbonyl (C=O) groups is 2. The molecule has 1 atom stereocenters. The van der Waals surface area contributed by atoms with Gasteiger partial charge in [-0.25, -0.2) is 9.48 Å². The first kappa shape index (κ1) is 17.7. The summed E-state index contributed by atoms with van der Waals surface area (Å²) in [5, 5.41) is 7.06. The van der Waals surface area contributed by atoms with Gasteiger partial charge in [0.05, 0.1) is 30.7 Å². The summed E-state index contributed by atoms with van der Waals surface area (Å²) in [6, 6.07) is 13.2. The third kappa shape index (κ3) is 3.71. The fourth-order valence-electron chi connectivity index (χ4n) is 3.01. The van der Waals surface area contributed by atoms with Gasteiger partial charge in [0, 0.05) is 30.6 Å². The molecule has 3 aromatic rings. The second-order valence-electron chi connectivity index (χ2n) is 6.46. The van der Waals surface area contributed by atoms with Crippen molar-refractivity contribution in [3.8, 4) is 16.9 Å². The summed E-state index contributed by atoms with van der Waals surface area (Å²) in [7, 11) is 0. The highest BCUT2D eigenvalue weighted by molar-refractivity contribution is 5.90. The minimum absolute atomic E-state index is 0.150. The molecular weight excluding hydrogens is 358 g/mol. The largest absolute Gasteiger partial charge is 0.442 e. The fraction of sp³-hybridized carbons (Fsp3) is 0.200. The second kappa shape index (κ2) is 7.51. The molecule has 1 fully saturated rings. The van der Waals surface area contributed by atoms with Crippen molar-refractivity contribution >= 4 is 17.7 Å². The molecule has 1 aliphatic rings. The predicted octanol–water partition coefficient (Wildman–Crippen LogP) is 2.40. The molecule has 3 heterocycles. The molecule has 0 bridgehead atoms. The molecule has 4 rings (SSSR count). The minimum Gasteiger partial charge on any atom is -0.442 e. The van der Waals surface area contributed by atoms with E-state index in [1.165, 1.54) is 6.92 Å². The summed E-state index contributed by atoms with van der Waals surface area (Å²) in [5.41, 5.74) is 3.38. The van der Waals surface area contributed by atoms with Gasteiger partial charge in [0.2, 0.25) is 5.91 Å². The highest BCUT2D eigenvalue weighted by Gasteiger charge is 2.32. The van der Waals surface area contributed by atoms with E-state index in [1.54, 1.807) is 22.0 Å². The van der Waals surface area contributed by atoms with E-state index in [9.17, 15) is 9.59 Å². The van der Waals surface area contributed by atoms with Gasteiger partial charge in [-0.2, -0.15) is 5.10 Å². The maximum Gasteiger partial charge on any atom is 0.414 e. The number of aromatic nitrogens is 3. The van der Waals surface area contributed by atoms with E-state index in [0.29, 0.717) is 13.1 Å². The van der Waals surface area contributed by atoms with Crippen LogP contribution in [-0.2, 0) is 9.53 Å². The number of pyridine rings is 1. The number of carbonyl (C=O) groups excluding carboxylic acids is 2. The maximum absolute atomic E-state index is 12.1. The van der Waals surface area contributed by atoms with Crippen LogP contribution < -0.4 is 10.2 Å². The summed E-state index contributed by atoms with van der Waals surface area (Å²) in [6.07, 6.45) is 4.64. The van der Waals surface area contributed by atoms with Crippen molar-refractivity contribution in [2.45, 2.75) is 13.0 Å². The Labute approximate surface area is 161 Å². The lowest BCUT2D eigenvalue weighted by Gasteiger charge is -2.13. The molecule has 2 aromatic heterocycles. The minimum atomic E-state index is -0.417. The van der Waals surface area contributed by atoms with Gasteiger partial charge < -0.3 is 10.1 Å². The number of hydrogen-bond donors (Lipinski definition) is 1. The Morgan fingerprint density at radius 3 is 2.71 bits per heavy atom. The molecule has 142 valence electrons. The van der Waals surface area contributed by atoms with Crippen LogP contribution in [0.15, 0.2) is 61.1 Å². The first-order valence-electron chi connectivity index (χ1n) is 8.89. The average Bonchev–Trinajstić information content (AvgIpc) is 3.34. The standard InChI is InChI=1S/C20H19N5O3/c1-14(26)22-11-18-13-24(20(27)28-18)16-5-7-17(8-6-16)25-12-15(10-23-25)19-4-2-3-9-21-19/h2-10,12,18H,11,13H2,1H3,(H,22,26)/t18-/m0/s1. The first-order chi connectivity index (χ1) is 13.6. The smallest absolute Gasteiger partial charge is 0.414 e. The van der Waals surface area contributed by atoms with Crippen LogP contribution in [0, 0.1) is 0 Å². The Balaban J connectivity index is 1.47. The van der Waals surface area contributed by atoms with Crippen molar-refractivity contribution in [3.63, 3.8) is 0 Å². The molecule has 0 aliphatic carbocycles. The van der Waals surface area contributed by atoms with Crippen LogP contribution in [0.25, 0.3) is 16.9 Å². The van der Waals surface area contributed by atoms with Gasteiger partial charge in [0.1, 0.15) is 6.10 Å². The highest BCUT2D eigenvalue weighted by Crippen LogP contribution is 2.24. The van der Waals surface area contributed by atoms with E-state index in [-0.39, 0.29) is 12.0 Å². The van der Waals surface area contributed by atoms with E-state index < -0.39 is 6.09 Å². The number of nitrogens with one attached hydrogen (secondary N) is 1. The van der Waals surface area contributed by atoms with Crippen molar-refractivity contribution in [1.82, 2.24) is 20.1 Å². The summed E-state index contributed by atoms with van der Waals surface area (Å²) in [6.45, 7) is 2.13. The SMILES string of the molecule is CC(=O)NC[C@H]1CN(c2ccc(-n3cc(-c4ccccn4)cn3)cc2)C(=O)O1. The Hall–Kier alpha value is -3.68. The number of amides is 2. The van der Waals surface area contributed by atoms with Crippen LogP contribution in [0.1, 0.15) is 6.92 Å². The molecule has 0 spiro atoms. The lowest BCUT2D eigenvalue weighted by molar-refractivity contribution is -0.119. The number of anilines is 1. The fourth-order valence-corrected chi connectivity index (χ4v) is 3.01. The third-order valence-electron chi connectivity index (χ3n) is 4.42. The molecule has 2 amide bonds. The summed E-state index contributed by atoms with van der Waals surface area (Å²) >= 11 is 0. The van der Waals surface area contributed by atoms with E-state index in [2.05, 4.69) is 15.4 Å². The Kier molecular flexibility index (Phi) is 4.76. The van der Waals surface area contributed by atoms with Crippen LogP contribution in [0.5, 0.6) is 0 Å². The molecule has 0 unspecified atom stereocenters. The van der Waals surface area contributed by atoms with E-state index in [0.717, 1.165) is 22.6 Å². The molecule has 28 heavy (non-hydrogen) atoms. The molecular formula is C20H19N5O3. The lowest BCUT2D eigenvalue weighted by Crippen LogP contribution is -2.33. The molecule has 8 heteroatoms. The molecule has 0 radical (unpaired) electrons. The van der Waals surface area contributed by atoms with Crippen LogP contribution >= 0.6 is 0 Å². The molecule has 0 saturated carbocycles. The van der Waals surface area contributed by atoms with E-state index >= 15 is 0 Å². The number of benzene rings is 1. The van der Waals surface area contributed by atoms with Crippen LogP contribution in [0.3, 0.4) is 0 Å². The highest BCUT2D eigenvalue weighted by atomic mass is 16.6. The summed E-state index contributed by atoms with van der Waals surface area (Å²) in [4.78, 5) is 29.0. The molecule has 8 nitrogen and oxygen atoms in total. The van der Waals surface area contributed by atoms with Gasteiger partial charge in [0.25, 0.3) is 0 Å². The first-order valence-corrected chi connectivity index (χ1v) is 8.89. The van der Waals surface area contributed by atoms with Gasteiger partial charge >= 0.3 is 6.09 Å². The monoisotopic (exact) mass is 377 g/mol. The third-order valence-corrected chi connectivity index (χ3v) is 4.42.